The van der Waals surface area contributed by atoms with Crippen molar-refractivity contribution in [3.05, 3.63) is 87.3 Å². The van der Waals surface area contributed by atoms with Crippen molar-refractivity contribution in [3.8, 4) is 0 Å². The molecule has 1 N–H and O–H groups in total. The van der Waals surface area contributed by atoms with Gasteiger partial charge in [0.1, 0.15) is 5.00 Å². The first-order valence-corrected chi connectivity index (χ1v) is 13.5. The van der Waals surface area contributed by atoms with Crippen LogP contribution in [0.2, 0.25) is 0 Å². The fourth-order valence-corrected chi connectivity index (χ4v) is 6.44. The van der Waals surface area contributed by atoms with E-state index >= 15 is 0 Å². The van der Waals surface area contributed by atoms with Crippen LogP contribution in [0.5, 0.6) is 0 Å². The number of nitrogens with one attached hydrogen (secondary N) is 1. The third kappa shape index (κ3) is 5.34. The molecule has 1 aliphatic carbocycles. The summed E-state index contributed by atoms with van der Waals surface area (Å²) in [6, 6.07) is 18.1. The minimum atomic E-state index is -0.138. The third-order valence-electron chi connectivity index (χ3n) is 7.16. The van der Waals surface area contributed by atoms with Crippen LogP contribution in [0.15, 0.2) is 54.6 Å². The Morgan fingerprint density at radius 2 is 1.60 bits per heavy atom. The molecule has 1 fully saturated rings. The lowest BCUT2D eigenvalue weighted by Crippen LogP contribution is -2.48. The number of thiophene rings is 1. The summed E-state index contributed by atoms with van der Waals surface area (Å²) in [7, 11) is 0. The van der Waals surface area contributed by atoms with Crippen LogP contribution in [0.3, 0.4) is 0 Å². The molecule has 2 amide bonds. The van der Waals surface area contributed by atoms with Crippen LogP contribution in [-0.4, -0.2) is 47.8 Å². The molecule has 0 spiro atoms. The quantitative estimate of drug-likeness (QED) is 0.481. The van der Waals surface area contributed by atoms with Crippen LogP contribution in [0.1, 0.15) is 61.5 Å². The monoisotopic (exact) mass is 487 g/mol. The van der Waals surface area contributed by atoms with Gasteiger partial charge in [0.2, 0.25) is 0 Å². The first kappa shape index (κ1) is 23.8. The number of hydrogen-bond donors (Lipinski definition) is 1. The Morgan fingerprint density at radius 3 is 2.37 bits per heavy atom. The fourth-order valence-electron chi connectivity index (χ4n) is 5.16. The Bertz CT molecular complexity index is 1200. The minimum absolute atomic E-state index is 0.0730. The largest absolute Gasteiger partial charge is 0.336 e. The van der Waals surface area contributed by atoms with E-state index in [0.717, 1.165) is 61.4 Å². The number of carbonyl (C=O) groups excluding carboxylic acids is 2. The van der Waals surface area contributed by atoms with Gasteiger partial charge in [-0.25, -0.2) is 0 Å². The Hall–Kier alpha value is -2.96. The molecule has 2 aromatic carbocycles. The van der Waals surface area contributed by atoms with Gasteiger partial charge in [0, 0.05) is 43.2 Å². The zero-order chi connectivity index (χ0) is 24.2. The van der Waals surface area contributed by atoms with Crippen molar-refractivity contribution < 1.29 is 9.59 Å². The van der Waals surface area contributed by atoms with Crippen molar-refractivity contribution in [2.75, 3.05) is 31.5 Å². The molecule has 2 heterocycles. The smallest absolute Gasteiger partial charge is 0.257 e. The molecule has 0 atom stereocenters. The van der Waals surface area contributed by atoms with Crippen LogP contribution < -0.4 is 5.32 Å². The highest BCUT2D eigenvalue weighted by Crippen LogP contribution is 2.38. The van der Waals surface area contributed by atoms with Crippen molar-refractivity contribution in [1.29, 1.82) is 0 Å². The van der Waals surface area contributed by atoms with Crippen molar-refractivity contribution in [1.82, 2.24) is 9.80 Å². The lowest BCUT2D eigenvalue weighted by Gasteiger charge is -2.35. The molecular formula is C29H33N3O2S. The van der Waals surface area contributed by atoms with E-state index in [0.29, 0.717) is 18.7 Å². The van der Waals surface area contributed by atoms with Gasteiger partial charge in [0.15, 0.2) is 0 Å². The molecule has 5 nitrogen and oxygen atoms in total. The summed E-state index contributed by atoms with van der Waals surface area (Å²) in [5, 5.41) is 3.85. The van der Waals surface area contributed by atoms with Gasteiger partial charge in [-0.1, -0.05) is 55.0 Å². The molecular weight excluding hydrogens is 454 g/mol. The average Bonchev–Trinajstić information content (AvgIpc) is 3.04. The molecule has 35 heavy (non-hydrogen) atoms. The van der Waals surface area contributed by atoms with Crippen molar-refractivity contribution in [3.63, 3.8) is 0 Å². The number of rotatable bonds is 5. The predicted molar refractivity (Wildman–Crippen MR) is 142 cm³/mol. The topological polar surface area (TPSA) is 52.7 Å². The highest BCUT2D eigenvalue weighted by molar-refractivity contribution is 7.17. The first-order valence-electron chi connectivity index (χ1n) is 12.7. The van der Waals surface area contributed by atoms with Crippen LogP contribution in [0.25, 0.3) is 0 Å². The van der Waals surface area contributed by atoms with Gasteiger partial charge >= 0.3 is 0 Å². The second kappa shape index (κ2) is 10.8. The SMILES string of the molecule is Cc1ccccc1C(=O)Nc1sc2c(c1C(=O)N1CCN(Cc3ccccc3)CC1)CCCCC2. The molecule has 0 unspecified atom stereocenters. The van der Waals surface area contributed by atoms with E-state index in [1.165, 1.54) is 22.4 Å². The molecule has 6 heteroatoms. The maximum atomic E-state index is 13.9. The summed E-state index contributed by atoms with van der Waals surface area (Å²) in [5.74, 6) is -0.0647. The van der Waals surface area contributed by atoms with E-state index < -0.39 is 0 Å². The maximum Gasteiger partial charge on any atom is 0.257 e. The second-order valence-corrected chi connectivity index (χ2v) is 10.7. The number of aryl methyl sites for hydroxylation is 2. The number of nitrogens with zero attached hydrogens (tertiary/aromatic N) is 2. The molecule has 1 aliphatic heterocycles. The van der Waals surface area contributed by atoms with E-state index in [2.05, 4.69) is 34.5 Å². The Morgan fingerprint density at radius 1 is 0.886 bits per heavy atom. The van der Waals surface area contributed by atoms with Gasteiger partial charge in [0.25, 0.3) is 11.8 Å². The lowest BCUT2D eigenvalue weighted by atomic mass is 10.0. The van der Waals surface area contributed by atoms with Crippen LogP contribution in [0, 0.1) is 6.92 Å². The van der Waals surface area contributed by atoms with Crippen molar-refractivity contribution >= 4 is 28.2 Å². The summed E-state index contributed by atoms with van der Waals surface area (Å²) in [6.45, 7) is 5.99. The molecule has 5 rings (SSSR count). The van der Waals surface area contributed by atoms with Gasteiger partial charge < -0.3 is 10.2 Å². The summed E-state index contributed by atoms with van der Waals surface area (Å²) >= 11 is 1.61. The van der Waals surface area contributed by atoms with E-state index in [1.54, 1.807) is 11.3 Å². The van der Waals surface area contributed by atoms with Gasteiger partial charge in [-0.2, -0.15) is 0 Å². The first-order chi connectivity index (χ1) is 17.1. The molecule has 0 saturated carbocycles. The maximum absolute atomic E-state index is 13.9. The van der Waals surface area contributed by atoms with E-state index in [4.69, 9.17) is 0 Å². The number of carbonyl (C=O) groups is 2. The van der Waals surface area contributed by atoms with E-state index in [1.807, 2.05) is 42.2 Å². The van der Waals surface area contributed by atoms with Gasteiger partial charge in [-0.05, 0) is 55.4 Å². The number of amides is 2. The van der Waals surface area contributed by atoms with E-state index in [-0.39, 0.29) is 11.8 Å². The fraction of sp³-hybridized carbons (Fsp3) is 0.379. The van der Waals surface area contributed by atoms with Crippen LogP contribution in [-0.2, 0) is 19.4 Å². The molecule has 0 bridgehead atoms. The zero-order valence-corrected chi connectivity index (χ0v) is 21.2. The second-order valence-electron chi connectivity index (χ2n) is 9.59. The summed E-state index contributed by atoms with van der Waals surface area (Å²) in [5.41, 5.74) is 4.81. The van der Waals surface area contributed by atoms with Gasteiger partial charge in [0.05, 0.1) is 5.56 Å². The van der Waals surface area contributed by atoms with Crippen molar-refractivity contribution in [2.24, 2.45) is 0 Å². The van der Waals surface area contributed by atoms with Gasteiger partial charge in [-0.15, -0.1) is 11.3 Å². The number of hydrogen-bond acceptors (Lipinski definition) is 4. The minimum Gasteiger partial charge on any atom is -0.336 e. The number of piperazine rings is 1. The normalized spacial score (nSPS) is 16.4. The molecule has 1 aromatic heterocycles. The molecule has 0 radical (unpaired) electrons. The zero-order valence-electron chi connectivity index (χ0n) is 20.4. The Kier molecular flexibility index (Phi) is 7.30. The number of anilines is 1. The van der Waals surface area contributed by atoms with Gasteiger partial charge in [-0.3, -0.25) is 14.5 Å². The average molecular weight is 488 g/mol. The van der Waals surface area contributed by atoms with Crippen molar-refractivity contribution in [2.45, 2.75) is 45.6 Å². The lowest BCUT2D eigenvalue weighted by molar-refractivity contribution is 0.0629. The Balaban J connectivity index is 1.35. The molecule has 2 aliphatic rings. The molecule has 182 valence electrons. The molecule has 3 aromatic rings. The molecule has 1 saturated heterocycles. The summed E-state index contributed by atoms with van der Waals surface area (Å²) in [6.07, 6.45) is 5.34. The van der Waals surface area contributed by atoms with E-state index in [9.17, 15) is 9.59 Å². The standard InChI is InChI=1S/C29H33N3O2S/c1-21-10-8-9-13-23(21)27(33)30-28-26(24-14-6-3-7-15-25(24)35-28)29(34)32-18-16-31(17-19-32)20-22-11-4-2-5-12-22/h2,4-5,8-13H,3,6-7,14-20H2,1H3,(H,30,33). The predicted octanol–water partition coefficient (Wildman–Crippen LogP) is 5.54. The highest BCUT2D eigenvalue weighted by atomic mass is 32.1. The number of benzene rings is 2. The third-order valence-corrected chi connectivity index (χ3v) is 8.37. The highest BCUT2D eigenvalue weighted by Gasteiger charge is 2.30. The number of fused-ring (bicyclic) bond motifs is 1. The van der Waals surface area contributed by atoms with Crippen LogP contribution >= 0.6 is 11.3 Å². The summed E-state index contributed by atoms with van der Waals surface area (Å²) in [4.78, 5) is 32.7. The van der Waals surface area contributed by atoms with Crippen LogP contribution in [0.4, 0.5) is 5.00 Å². The Labute approximate surface area is 211 Å². The summed E-state index contributed by atoms with van der Waals surface area (Å²) < 4.78 is 0.